The Balaban J connectivity index is 3.62. The predicted octanol–water partition coefficient (Wildman–Crippen LogP) is -0.515. The van der Waals surface area contributed by atoms with Gasteiger partial charge in [-0.2, -0.15) is 0 Å². The van der Waals surface area contributed by atoms with Gasteiger partial charge in [0.05, 0.1) is 12.7 Å². The smallest absolute Gasteiger partial charge is 0.224 e. The monoisotopic (exact) mass is 218 g/mol. The van der Waals surface area contributed by atoms with E-state index in [0.717, 1.165) is 6.42 Å². The number of methoxy groups -OCH3 is 1. The second kappa shape index (κ2) is 8.64. The van der Waals surface area contributed by atoms with Gasteiger partial charge in [-0.3, -0.25) is 4.79 Å². The summed E-state index contributed by atoms with van der Waals surface area (Å²) in [5.74, 6) is -0.158. The highest BCUT2D eigenvalue weighted by Gasteiger charge is 2.13. The number of hydrogen-bond donors (Lipinski definition) is 3. The first-order valence-electron chi connectivity index (χ1n) is 5.30. The molecule has 5 nitrogen and oxygen atoms in total. The minimum Gasteiger partial charge on any atom is -0.391 e. The Kier molecular flexibility index (Phi) is 8.27. The van der Waals surface area contributed by atoms with Crippen LogP contribution < -0.4 is 11.1 Å². The van der Waals surface area contributed by atoms with Crippen molar-refractivity contribution in [1.82, 2.24) is 5.32 Å². The number of rotatable bonds is 8. The van der Waals surface area contributed by atoms with E-state index in [9.17, 15) is 9.90 Å². The van der Waals surface area contributed by atoms with E-state index >= 15 is 0 Å². The van der Waals surface area contributed by atoms with Gasteiger partial charge in [-0.05, 0) is 12.8 Å². The number of hydrogen-bond acceptors (Lipinski definition) is 4. The number of amides is 1. The number of aliphatic hydroxyl groups is 1. The molecule has 5 heteroatoms. The van der Waals surface area contributed by atoms with Gasteiger partial charge in [0, 0.05) is 26.1 Å². The molecule has 0 aliphatic rings. The first-order valence-corrected chi connectivity index (χ1v) is 5.30. The van der Waals surface area contributed by atoms with Gasteiger partial charge in [0.1, 0.15) is 0 Å². The van der Waals surface area contributed by atoms with E-state index in [0.29, 0.717) is 26.1 Å². The molecule has 2 atom stereocenters. The first-order chi connectivity index (χ1) is 7.15. The van der Waals surface area contributed by atoms with Crippen molar-refractivity contribution in [2.24, 2.45) is 11.7 Å². The van der Waals surface area contributed by atoms with Gasteiger partial charge in [0.15, 0.2) is 0 Å². The maximum Gasteiger partial charge on any atom is 0.224 e. The maximum absolute atomic E-state index is 11.4. The predicted molar refractivity (Wildman–Crippen MR) is 58.3 cm³/mol. The summed E-state index contributed by atoms with van der Waals surface area (Å²) in [6.07, 6.45) is 0.719. The fourth-order valence-corrected chi connectivity index (χ4v) is 1.24. The molecule has 0 aliphatic carbocycles. The zero-order valence-corrected chi connectivity index (χ0v) is 9.53. The summed E-state index contributed by atoms with van der Waals surface area (Å²) in [4.78, 5) is 11.4. The summed E-state index contributed by atoms with van der Waals surface area (Å²) in [6, 6.07) is 0. The van der Waals surface area contributed by atoms with Crippen LogP contribution in [0.1, 0.15) is 19.8 Å². The molecular weight excluding hydrogens is 196 g/mol. The second-order valence-corrected chi connectivity index (χ2v) is 3.53. The number of aliphatic hydroxyl groups excluding tert-OH is 1. The molecule has 2 unspecified atom stereocenters. The van der Waals surface area contributed by atoms with Crippen LogP contribution in [0.15, 0.2) is 0 Å². The molecule has 0 spiro atoms. The quantitative estimate of drug-likeness (QED) is 0.512. The van der Waals surface area contributed by atoms with Crippen LogP contribution in [0.2, 0.25) is 0 Å². The minimum absolute atomic E-state index is 0.0374. The summed E-state index contributed by atoms with van der Waals surface area (Å²) < 4.78 is 4.77. The minimum atomic E-state index is -0.520. The Bertz CT molecular complexity index is 172. The first kappa shape index (κ1) is 14.3. The maximum atomic E-state index is 11.4. The van der Waals surface area contributed by atoms with Crippen LogP contribution in [0.4, 0.5) is 0 Å². The standard InChI is InChI=1S/C10H22N2O3/c1-3-8(6-11)10(14)12-5-4-9(13)7-15-2/h8-9,13H,3-7,11H2,1-2H3,(H,12,14). The Morgan fingerprint density at radius 3 is 2.73 bits per heavy atom. The molecule has 0 heterocycles. The lowest BCUT2D eigenvalue weighted by Gasteiger charge is -2.14. The lowest BCUT2D eigenvalue weighted by atomic mass is 10.1. The molecule has 0 fully saturated rings. The highest BCUT2D eigenvalue weighted by Crippen LogP contribution is 1.99. The lowest BCUT2D eigenvalue weighted by Crippen LogP contribution is -2.36. The van der Waals surface area contributed by atoms with Gasteiger partial charge >= 0.3 is 0 Å². The molecule has 90 valence electrons. The highest BCUT2D eigenvalue weighted by atomic mass is 16.5. The Hall–Kier alpha value is -0.650. The van der Waals surface area contributed by atoms with Crippen molar-refractivity contribution in [2.45, 2.75) is 25.9 Å². The van der Waals surface area contributed by atoms with E-state index in [2.05, 4.69) is 5.32 Å². The van der Waals surface area contributed by atoms with Crippen LogP contribution in [0.25, 0.3) is 0 Å². The van der Waals surface area contributed by atoms with Gasteiger partial charge in [-0.1, -0.05) is 6.92 Å². The number of carbonyl (C=O) groups is 1. The summed E-state index contributed by atoms with van der Waals surface area (Å²) in [6.45, 7) is 3.05. The van der Waals surface area contributed by atoms with E-state index in [1.54, 1.807) is 0 Å². The van der Waals surface area contributed by atoms with E-state index in [-0.39, 0.29) is 11.8 Å². The van der Waals surface area contributed by atoms with Crippen molar-refractivity contribution in [2.75, 3.05) is 26.8 Å². The molecule has 0 bridgehead atoms. The third-order valence-corrected chi connectivity index (χ3v) is 2.28. The second-order valence-electron chi connectivity index (χ2n) is 3.53. The molecule has 0 aromatic rings. The van der Waals surface area contributed by atoms with Crippen LogP contribution in [-0.2, 0) is 9.53 Å². The Morgan fingerprint density at radius 2 is 2.27 bits per heavy atom. The molecule has 0 aliphatic heterocycles. The van der Waals surface area contributed by atoms with Gasteiger partial charge in [0.2, 0.25) is 5.91 Å². The number of ether oxygens (including phenoxy) is 1. The van der Waals surface area contributed by atoms with Crippen LogP contribution >= 0.6 is 0 Å². The molecule has 0 aromatic carbocycles. The summed E-state index contributed by atoms with van der Waals surface area (Å²) in [5.41, 5.74) is 5.43. The number of carbonyl (C=O) groups excluding carboxylic acids is 1. The van der Waals surface area contributed by atoms with Gasteiger partial charge in [-0.25, -0.2) is 0 Å². The summed E-state index contributed by atoms with van der Waals surface area (Å²) in [7, 11) is 1.53. The van der Waals surface area contributed by atoms with Crippen LogP contribution in [-0.4, -0.2) is 43.9 Å². The lowest BCUT2D eigenvalue weighted by molar-refractivity contribution is -0.124. The van der Waals surface area contributed by atoms with Crippen LogP contribution in [0.3, 0.4) is 0 Å². The summed E-state index contributed by atoms with van der Waals surface area (Å²) in [5, 5.41) is 12.1. The molecule has 0 saturated carbocycles. The zero-order chi connectivity index (χ0) is 11.7. The number of nitrogens with two attached hydrogens (primary N) is 1. The van der Waals surface area contributed by atoms with E-state index in [4.69, 9.17) is 10.5 Å². The molecule has 0 rings (SSSR count). The average Bonchev–Trinajstić information content (AvgIpc) is 2.20. The van der Waals surface area contributed by atoms with Crippen molar-refractivity contribution >= 4 is 5.91 Å². The summed E-state index contributed by atoms with van der Waals surface area (Å²) >= 11 is 0. The van der Waals surface area contributed by atoms with E-state index < -0.39 is 6.10 Å². The molecule has 0 radical (unpaired) electrons. The van der Waals surface area contributed by atoms with Crippen LogP contribution in [0.5, 0.6) is 0 Å². The normalized spacial score (nSPS) is 14.7. The van der Waals surface area contributed by atoms with Crippen LogP contribution in [0, 0.1) is 5.92 Å². The molecule has 0 aromatic heterocycles. The van der Waals surface area contributed by atoms with Crippen molar-refractivity contribution in [3.05, 3.63) is 0 Å². The topological polar surface area (TPSA) is 84.6 Å². The molecule has 1 amide bonds. The SMILES string of the molecule is CCC(CN)C(=O)NCCC(O)COC. The third kappa shape index (κ3) is 6.43. The van der Waals surface area contributed by atoms with Crippen molar-refractivity contribution in [1.29, 1.82) is 0 Å². The van der Waals surface area contributed by atoms with E-state index in [1.807, 2.05) is 6.92 Å². The molecule has 0 saturated heterocycles. The fourth-order valence-electron chi connectivity index (χ4n) is 1.24. The van der Waals surface area contributed by atoms with Gasteiger partial charge in [0.25, 0.3) is 0 Å². The van der Waals surface area contributed by atoms with Gasteiger partial charge in [-0.15, -0.1) is 0 Å². The van der Waals surface area contributed by atoms with Crippen molar-refractivity contribution in [3.8, 4) is 0 Å². The van der Waals surface area contributed by atoms with Gasteiger partial charge < -0.3 is 20.9 Å². The Labute approximate surface area is 91.0 Å². The number of nitrogens with one attached hydrogen (secondary N) is 1. The Morgan fingerprint density at radius 1 is 1.60 bits per heavy atom. The molecule has 15 heavy (non-hydrogen) atoms. The zero-order valence-electron chi connectivity index (χ0n) is 9.53. The van der Waals surface area contributed by atoms with Crippen molar-refractivity contribution < 1.29 is 14.6 Å². The third-order valence-electron chi connectivity index (χ3n) is 2.28. The highest BCUT2D eigenvalue weighted by molar-refractivity contribution is 5.78. The largest absolute Gasteiger partial charge is 0.391 e. The molecular formula is C10H22N2O3. The van der Waals surface area contributed by atoms with Crippen molar-refractivity contribution in [3.63, 3.8) is 0 Å². The fraction of sp³-hybridized carbons (Fsp3) is 0.900. The van der Waals surface area contributed by atoms with E-state index in [1.165, 1.54) is 7.11 Å². The average molecular weight is 218 g/mol. The molecule has 4 N–H and O–H groups in total.